The maximum absolute atomic E-state index is 12.7. The van der Waals surface area contributed by atoms with Crippen molar-refractivity contribution in [2.45, 2.75) is 4.90 Å². The van der Waals surface area contributed by atoms with E-state index in [1.165, 1.54) is 18.5 Å². The number of sulfone groups is 1. The molecule has 0 bridgehead atoms. The van der Waals surface area contributed by atoms with Crippen molar-refractivity contribution < 1.29 is 22.9 Å². The highest BCUT2D eigenvalue weighted by atomic mass is 32.2. The van der Waals surface area contributed by atoms with Crippen LogP contribution >= 0.6 is 0 Å². The maximum Gasteiger partial charge on any atom is 0.301 e. The van der Waals surface area contributed by atoms with Crippen LogP contribution < -0.4 is 4.74 Å². The molecule has 2 heterocycles. The number of hydrogen-bond acceptors (Lipinski definition) is 8. The number of nitro groups is 1. The van der Waals surface area contributed by atoms with Gasteiger partial charge in [0.2, 0.25) is 9.84 Å². The second-order valence-corrected chi connectivity index (χ2v) is 8.34. The summed E-state index contributed by atoms with van der Waals surface area (Å²) >= 11 is 0. The Hall–Kier alpha value is -4.38. The monoisotopic (exact) mass is 450 g/mol. The Morgan fingerprint density at radius 3 is 2.44 bits per heavy atom. The molecule has 0 atom stereocenters. The fraction of sp³-hybridized carbons (Fsp3) is 0. The smallest absolute Gasteiger partial charge is 0.301 e. The number of hydrogen-bond donors (Lipinski definition) is 1. The standard InChI is InChI=1S/C21H14N4O6S/c26-21(32(29,30)16-8-6-14(7-9-16)25(27)28)19-12-18(23-24-19)17-10-11-22-13-20(17)31-15-4-2-1-3-5-15/h1-13H,(H,23,24). The van der Waals surface area contributed by atoms with Crippen molar-refractivity contribution in [1.82, 2.24) is 15.2 Å². The number of carbonyl (C=O) groups excluding carboxylic acids is 1. The second-order valence-electron chi connectivity index (χ2n) is 6.50. The van der Waals surface area contributed by atoms with E-state index in [0.717, 1.165) is 24.3 Å². The van der Waals surface area contributed by atoms with E-state index in [-0.39, 0.29) is 16.3 Å². The van der Waals surface area contributed by atoms with Crippen LogP contribution in [-0.4, -0.2) is 33.6 Å². The van der Waals surface area contributed by atoms with Gasteiger partial charge >= 0.3 is 5.12 Å². The van der Waals surface area contributed by atoms with Crippen LogP contribution in [0.15, 0.2) is 84.0 Å². The molecule has 0 unspecified atom stereocenters. The molecule has 2 aromatic carbocycles. The summed E-state index contributed by atoms with van der Waals surface area (Å²) < 4.78 is 31.2. The molecule has 0 spiro atoms. The third-order valence-corrected chi connectivity index (χ3v) is 6.02. The van der Waals surface area contributed by atoms with Gasteiger partial charge in [-0.25, -0.2) is 8.42 Å². The van der Waals surface area contributed by atoms with Gasteiger partial charge in [-0.2, -0.15) is 5.10 Å². The van der Waals surface area contributed by atoms with Gasteiger partial charge in [0.15, 0.2) is 5.75 Å². The molecule has 11 heteroatoms. The van der Waals surface area contributed by atoms with E-state index in [9.17, 15) is 23.3 Å². The summed E-state index contributed by atoms with van der Waals surface area (Å²) in [4.78, 5) is 26.4. The summed E-state index contributed by atoms with van der Waals surface area (Å²) in [5.74, 6) is 0.942. The van der Waals surface area contributed by atoms with Gasteiger partial charge in [0.1, 0.15) is 11.4 Å². The molecule has 0 radical (unpaired) electrons. The molecule has 10 nitrogen and oxygen atoms in total. The van der Waals surface area contributed by atoms with Crippen molar-refractivity contribution in [3.05, 3.63) is 94.9 Å². The predicted molar refractivity (Wildman–Crippen MR) is 113 cm³/mol. The number of carbonyl (C=O) groups is 1. The van der Waals surface area contributed by atoms with Gasteiger partial charge in [-0.15, -0.1) is 0 Å². The molecule has 2 aromatic heterocycles. The number of pyridine rings is 1. The molecule has 160 valence electrons. The van der Waals surface area contributed by atoms with Crippen LogP contribution in [0.5, 0.6) is 11.5 Å². The Bertz CT molecular complexity index is 1400. The van der Waals surface area contributed by atoms with Gasteiger partial charge in [-0.05, 0) is 36.4 Å². The van der Waals surface area contributed by atoms with Crippen LogP contribution in [0.4, 0.5) is 5.69 Å². The summed E-state index contributed by atoms with van der Waals surface area (Å²) in [6.45, 7) is 0. The lowest BCUT2D eigenvalue weighted by atomic mass is 10.1. The molecule has 0 aliphatic rings. The van der Waals surface area contributed by atoms with E-state index in [0.29, 0.717) is 22.8 Å². The van der Waals surface area contributed by atoms with Crippen molar-refractivity contribution in [3.8, 4) is 22.8 Å². The van der Waals surface area contributed by atoms with Gasteiger partial charge in [0, 0.05) is 23.9 Å². The van der Waals surface area contributed by atoms with E-state index in [1.54, 1.807) is 30.3 Å². The summed E-state index contributed by atoms with van der Waals surface area (Å²) in [6.07, 6.45) is 3.00. The van der Waals surface area contributed by atoms with Gasteiger partial charge < -0.3 is 4.74 Å². The zero-order valence-electron chi connectivity index (χ0n) is 16.2. The van der Waals surface area contributed by atoms with E-state index < -0.39 is 19.9 Å². The Kier molecular flexibility index (Phi) is 5.48. The highest BCUT2D eigenvalue weighted by molar-refractivity contribution is 8.06. The number of para-hydroxylation sites is 1. The first-order valence-electron chi connectivity index (χ1n) is 9.13. The van der Waals surface area contributed by atoms with Crippen molar-refractivity contribution in [1.29, 1.82) is 0 Å². The zero-order valence-corrected chi connectivity index (χ0v) is 17.0. The van der Waals surface area contributed by atoms with Crippen molar-refractivity contribution >= 4 is 20.6 Å². The van der Waals surface area contributed by atoms with Crippen LogP contribution in [0.3, 0.4) is 0 Å². The minimum Gasteiger partial charge on any atom is -0.455 e. The fourth-order valence-corrected chi connectivity index (χ4v) is 3.94. The average molecular weight is 450 g/mol. The Morgan fingerprint density at radius 2 is 1.75 bits per heavy atom. The molecule has 0 saturated carbocycles. The zero-order chi connectivity index (χ0) is 22.7. The first-order valence-corrected chi connectivity index (χ1v) is 10.6. The van der Waals surface area contributed by atoms with E-state index >= 15 is 0 Å². The lowest BCUT2D eigenvalue weighted by Gasteiger charge is -2.09. The van der Waals surface area contributed by atoms with Crippen molar-refractivity contribution in [2.75, 3.05) is 0 Å². The number of rotatable bonds is 6. The van der Waals surface area contributed by atoms with Crippen molar-refractivity contribution in [3.63, 3.8) is 0 Å². The Morgan fingerprint density at radius 1 is 1.03 bits per heavy atom. The van der Waals surface area contributed by atoms with Crippen LogP contribution in [0.2, 0.25) is 0 Å². The number of nitrogens with zero attached hydrogens (tertiary/aromatic N) is 3. The topological polar surface area (TPSA) is 145 Å². The third-order valence-electron chi connectivity index (χ3n) is 4.43. The number of aromatic amines is 1. The highest BCUT2D eigenvalue weighted by Gasteiger charge is 2.29. The lowest BCUT2D eigenvalue weighted by molar-refractivity contribution is -0.384. The largest absolute Gasteiger partial charge is 0.455 e. The Balaban J connectivity index is 1.63. The number of non-ortho nitro benzene ring substituents is 1. The molecular weight excluding hydrogens is 436 g/mol. The van der Waals surface area contributed by atoms with Gasteiger partial charge in [0.25, 0.3) is 5.69 Å². The number of nitro benzene ring substituents is 1. The maximum atomic E-state index is 12.7. The van der Waals surface area contributed by atoms with Crippen LogP contribution in [-0.2, 0) is 9.84 Å². The first-order chi connectivity index (χ1) is 15.4. The van der Waals surface area contributed by atoms with Crippen molar-refractivity contribution in [2.24, 2.45) is 0 Å². The SMILES string of the molecule is O=C(c1cc(-c2ccncc2Oc2ccccc2)[nH]n1)S(=O)(=O)c1ccc([N+](=O)[O-])cc1. The fourth-order valence-electron chi connectivity index (χ4n) is 2.86. The molecule has 32 heavy (non-hydrogen) atoms. The van der Waals surface area contributed by atoms with E-state index in [1.807, 2.05) is 6.07 Å². The van der Waals surface area contributed by atoms with Crippen LogP contribution in [0, 0.1) is 10.1 Å². The number of H-pyrrole nitrogens is 1. The number of ether oxygens (including phenoxy) is 1. The molecule has 4 rings (SSSR count). The summed E-state index contributed by atoms with van der Waals surface area (Å²) in [6, 6.07) is 15.9. The van der Waals surface area contributed by atoms with Gasteiger partial charge in [-0.1, -0.05) is 18.2 Å². The van der Waals surface area contributed by atoms with Crippen LogP contribution in [0.1, 0.15) is 10.5 Å². The van der Waals surface area contributed by atoms with E-state index in [2.05, 4.69) is 15.2 Å². The minimum absolute atomic E-state index is 0.290. The quantitative estimate of drug-likeness (QED) is 0.345. The number of benzene rings is 2. The van der Waals surface area contributed by atoms with Crippen LogP contribution in [0.25, 0.3) is 11.3 Å². The first kappa shape index (κ1) is 20.9. The van der Waals surface area contributed by atoms with E-state index in [4.69, 9.17) is 4.74 Å². The van der Waals surface area contributed by atoms with Gasteiger partial charge in [0.05, 0.1) is 21.7 Å². The molecule has 4 aromatic rings. The molecule has 0 amide bonds. The number of nitrogens with one attached hydrogen (secondary N) is 1. The molecule has 0 aliphatic heterocycles. The highest BCUT2D eigenvalue weighted by Crippen LogP contribution is 2.32. The molecule has 0 aliphatic carbocycles. The third kappa shape index (κ3) is 4.09. The summed E-state index contributed by atoms with van der Waals surface area (Å²) in [5.41, 5.74) is 0.242. The molecule has 0 fully saturated rings. The number of aromatic nitrogens is 3. The lowest BCUT2D eigenvalue weighted by Crippen LogP contribution is -2.15. The summed E-state index contributed by atoms with van der Waals surface area (Å²) in [7, 11) is -4.45. The molecule has 0 saturated heterocycles. The summed E-state index contributed by atoms with van der Waals surface area (Å²) in [5, 5.41) is 16.0. The van der Waals surface area contributed by atoms with Gasteiger partial charge in [-0.3, -0.25) is 25.0 Å². The average Bonchev–Trinajstić information content (AvgIpc) is 3.29. The normalized spacial score (nSPS) is 11.1. The second kappa shape index (κ2) is 8.40. The minimum atomic E-state index is -4.45. The Labute approximate surface area is 181 Å². The molecular formula is C21H14N4O6S. The predicted octanol–water partition coefficient (Wildman–Crippen LogP) is 3.79. The molecule has 1 N–H and O–H groups in total.